The first-order chi connectivity index (χ1) is 17.3. The molecule has 36 heavy (non-hydrogen) atoms. The molecule has 2 amide bonds. The van der Waals surface area contributed by atoms with Crippen molar-refractivity contribution in [2.75, 3.05) is 19.6 Å². The van der Waals surface area contributed by atoms with Crippen molar-refractivity contribution in [1.82, 2.24) is 15.1 Å². The van der Waals surface area contributed by atoms with Gasteiger partial charge in [0.05, 0.1) is 0 Å². The third-order valence-corrected chi connectivity index (χ3v) is 7.34. The lowest BCUT2D eigenvalue weighted by molar-refractivity contribution is -0.161. The van der Waals surface area contributed by atoms with E-state index < -0.39 is 11.6 Å². The first-order valence-electron chi connectivity index (χ1n) is 13.2. The van der Waals surface area contributed by atoms with E-state index in [1.807, 2.05) is 17.0 Å². The fourth-order valence-electron chi connectivity index (χ4n) is 5.30. The molecule has 2 N–H and O–H groups in total. The topological polar surface area (TPSA) is 82.1 Å². The number of unbranched alkanes of at least 4 members (excludes halogenated alkanes) is 1. The maximum absolute atomic E-state index is 13.4. The summed E-state index contributed by atoms with van der Waals surface area (Å²) < 4.78 is 5.85. The van der Waals surface area contributed by atoms with Crippen LogP contribution in [0.2, 0.25) is 0 Å². The number of amides is 2. The average molecular weight is 494 g/mol. The molecule has 2 aliphatic heterocycles. The lowest BCUT2D eigenvalue weighted by atomic mass is 9.80. The second-order valence-electron chi connectivity index (χ2n) is 10.5. The molecule has 194 valence electrons. The van der Waals surface area contributed by atoms with Gasteiger partial charge < -0.3 is 20.1 Å². The Bertz CT molecular complexity index is 1030. The number of carbonyl (C=O) groups is 2. The fourth-order valence-corrected chi connectivity index (χ4v) is 5.30. The number of hydrogen-bond acceptors (Lipinski definition) is 5. The van der Waals surface area contributed by atoms with Crippen molar-refractivity contribution in [3.05, 3.63) is 54.1 Å². The van der Waals surface area contributed by atoms with E-state index in [0.29, 0.717) is 37.5 Å². The van der Waals surface area contributed by atoms with Gasteiger partial charge in [-0.25, -0.2) is 0 Å². The standard InChI is InChI=1S/C29H39N3O4/c1-4-5-16-32-27(34)26(19-21(2)3)30-28(35)29(32)14-17-31(18-15-29)20-22-6-10-24(11-7-22)36-25-12-8-23(33)9-13-25/h6-13,21,26,33H,4-5,14-20H2,1-3H3,(H,30,35). The van der Waals surface area contributed by atoms with Crippen molar-refractivity contribution in [3.63, 3.8) is 0 Å². The monoisotopic (exact) mass is 493 g/mol. The largest absolute Gasteiger partial charge is 0.508 e. The summed E-state index contributed by atoms with van der Waals surface area (Å²) in [4.78, 5) is 31.1. The summed E-state index contributed by atoms with van der Waals surface area (Å²) in [5.41, 5.74) is 0.450. The quantitative estimate of drug-likeness (QED) is 0.530. The van der Waals surface area contributed by atoms with E-state index >= 15 is 0 Å². The minimum absolute atomic E-state index is 0.0271. The number of benzene rings is 2. The van der Waals surface area contributed by atoms with E-state index in [0.717, 1.165) is 38.2 Å². The number of piperazine rings is 1. The molecule has 2 aliphatic rings. The number of hydrogen-bond donors (Lipinski definition) is 2. The molecule has 2 aromatic rings. The molecule has 2 saturated heterocycles. The second kappa shape index (κ2) is 11.3. The molecule has 0 radical (unpaired) electrons. The van der Waals surface area contributed by atoms with Crippen molar-refractivity contribution in [2.45, 2.75) is 71.0 Å². The number of piperidine rings is 1. The summed E-state index contributed by atoms with van der Waals surface area (Å²) in [6, 6.07) is 14.3. The van der Waals surface area contributed by atoms with Crippen molar-refractivity contribution >= 4 is 11.8 Å². The summed E-state index contributed by atoms with van der Waals surface area (Å²) in [7, 11) is 0. The number of phenolic OH excluding ortho intramolecular Hbond substituents is 1. The first-order valence-corrected chi connectivity index (χ1v) is 13.2. The molecular weight excluding hydrogens is 454 g/mol. The second-order valence-corrected chi connectivity index (χ2v) is 10.5. The van der Waals surface area contributed by atoms with Gasteiger partial charge in [0, 0.05) is 26.2 Å². The van der Waals surface area contributed by atoms with Gasteiger partial charge in [0.1, 0.15) is 28.8 Å². The third kappa shape index (κ3) is 5.84. The zero-order valence-electron chi connectivity index (χ0n) is 21.7. The summed E-state index contributed by atoms with van der Waals surface area (Å²) in [5.74, 6) is 2.09. The minimum atomic E-state index is -0.724. The van der Waals surface area contributed by atoms with E-state index in [4.69, 9.17) is 4.74 Å². The molecule has 2 heterocycles. The molecular formula is C29H39N3O4. The van der Waals surface area contributed by atoms with Gasteiger partial charge in [-0.15, -0.1) is 0 Å². The Labute approximate surface area is 214 Å². The zero-order valence-corrected chi connectivity index (χ0v) is 21.7. The van der Waals surface area contributed by atoms with E-state index in [9.17, 15) is 14.7 Å². The van der Waals surface area contributed by atoms with Gasteiger partial charge in [-0.05, 0) is 73.6 Å². The Morgan fingerprint density at radius 3 is 2.22 bits per heavy atom. The van der Waals surface area contributed by atoms with Crippen LogP contribution in [0.4, 0.5) is 0 Å². The van der Waals surface area contributed by atoms with Crippen LogP contribution in [0.5, 0.6) is 17.2 Å². The average Bonchev–Trinajstić information content (AvgIpc) is 2.86. The SMILES string of the molecule is CCCCN1C(=O)C(CC(C)C)NC(=O)C12CCN(Cc1ccc(Oc3ccc(O)cc3)cc1)CC2. The summed E-state index contributed by atoms with van der Waals surface area (Å²) in [6.45, 7) is 9.27. The van der Waals surface area contributed by atoms with Crippen LogP contribution in [0.25, 0.3) is 0 Å². The Morgan fingerprint density at radius 1 is 1.03 bits per heavy atom. The Balaban J connectivity index is 1.38. The number of nitrogens with one attached hydrogen (secondary N) is 1. The highest BCUT2D eigenvalue weighted by molar-refractivity contribution is 6.00. The fraction of sp³-hybridized carbons (Fsp3) is 0.517. The Hall–Kier alpha value is -3.06. The predicted molar refractivity (Wildman–Crippen MR) is 140 cm³/mol. The Kier molecular flexibility index (Phi) is 8.19. The number of carbonyl (C=O) groups excluding carboxylic acids is 2. The van der Waals surface area contributed by atoms with Gasteiger partial charge in [-0.2, -0.15) is 0 Å². The molecule has 0 aromatic heterocycles. The van der Waals surface area contributed by atoms with Gasteiger partial charge in [0.2, 0.25) is 11.8 Å². The van der Waals surface area contributed by atoms with Gasteiger partial charge in [0.15, 0.2) is 0 Å². The number of likely N-dealkylation sites (tertiary alicyclic amines) is 1. The molecule has 1 atom stereocenters. The summed E-state index contributed by atoms with van der Waals surface area (Å²) in [6.07, 6.45) is 3.91. The lowest BCUT2D eigenvalue weighted by Gasteiger charge is -2.52. The number of phenols is 1. The van der Waals surface area contributed by atoms with Gasteiger partial charge in [-0.3, -0.25) is 14.5 Å². The maximum atomic E-state index is 13.4. The number of aromatic hydroxyl groups is 1. The van der Waals surface area contributed by atoms with Crippen molar-refractivity contribution in [1.29, 1.82) is 0 Å². The van der Waals surface area contributed by atoms with Crippen molar-refractivity contribution < 1.29 is 19.4 Å². The van der Waals surface area contributed by atoms with Crippen LogP contribution < -0.4 is 10.1 Å². The van der Waals surface area contributed by atoms with Crippen LogP contribution >= 0.6 is 0 Å². The van der Waals surface area contributed by atoms with Gasteiger partial charge in [0.25, 0.3) is 0 Å². The molecule has 0 bridgehead atoms. The van der Waals surface area contributed by atoms with E-state index in [-0.39, 0.29) is 17.6 Å². The highest BCUT2D eigenvalue weighted by atomic mass is 16.5. The van der Waals surface area contributed by atoms with Crippen LogP contribution in [-0.4, -0.2) is 57.9 Å². The van der Waals surface area contributed by atoms with Crippen LogP contribution in [-0.2, 0) is 16.1 Å². The molecule has 7 nitrogen and oxygen atoms in total. The highest BCUT2D eigenvalue weighted by Gasteiger charge is 2.53. The van der Waals surface area contributed by atoms with Gasteiger partial charge >= 0.3 is 0 Å². The van der Waals surface area contributed by atoms with Crippen LogP contribution in [0.15, 0.2) is 48.5 Å². The Morgan fingerprint density at radius 2 is 1.64 bits per heavy atom. The van der Waals surface area contributed by atoms with E-state index in [2.05, 4.69) is 43.1 Å². The first kappa shape index (κ1) is 26.0. The molecule has 1 unspecified atom stereocenters. The molecule has 0 aliphatic carbocycles. The predicted octanol–water partition coefficient (Wildman–Crippen LogP) is 4.69. The van der Waals surface area contributed by atoms with E-state index in [1.54, 1.807) is 24.3 Å². The molecule has 2 fully saturated rings. The number of ether oxygens (including phenoxy) is 1. The molecule has 4 rings (SSSR count). The molecule has 2 aromatic carbocycles. The van der Waals surface area contributed by atoms with Crippen LogP contribution in [0, 0.1) is 5.92 Å². The third-order valence-electron chi connectivity index (χ3n) is 7.34. The number of rotatable bonds is 9. The van der Waals surface area contributed by atoms with E-state index in [1.165, 1.54) is 5.56 Å². The summed E-state index contributed by atoms with van der Waals surface area (Å²) >= 11 is 0. The molecule has 7 heteroatoms. The minimum Gasteiger partial charge on any atom is -0.508 e. The lowest BCUT2D eigenvalue weighted by Crippen LogP contribution is -2.73. The molecule has 0 saturated carbocycles. The van der Waals surface area contributed by atoms with Crippen LogP contribution in [0.3, 0.4) is 0 Å². The molecule has 1 spiro atoms. The number of nitrogens with zero attached hydrogens (tertiary/aromatic N) is 2. The maximum Gasteiger partial charge on any atom is 0.246 e. The van der Waals surface area contributed by atoms with Crippen molar-refractivity contribution in [2.24, 2.45) is 5.92 Å². The highest BCUT2D eigenvalue weighted by Crippen LogP contribution is 2.35. The smallest absolute Gasteiger partial charge is 0.246 e. The summed E-state index contributed by atoms with van der Waals surface area (Å²) in [5, 5.41) is 12.5. The van der Waals surface area contributed by atoms with Gasteiger partial charge in [-0.1, -0.05) is 39.3 Å². The zero-order chi connectivity index (χ0) is 25.7. The van der Waals surface area contributed by atoms with Crippen LogP contribution in [0.1, 0.15) is 58.4 Å². The van der Waals surface area contributed by atoms with Crippen molar-refractivity contribution in [3.8, 4) is 17.2 Å². The normalized spacial score (nSPS) is 20.1.